The Kier molecular flexibility index (Phi) is 5.08. The molecule has 0 aliphatic heterocycles. The molecule has 4 heteroatoms. The SMILES string of the molecule is Cc1cc(C)c(O)c(O)c1.Cc1cc(O)c(O)c(C)c1C. The summed E-state index contributed by atoms with van der Waals surface area (Å²) in [7, 11) is 0. The van der Waals surface area contributed by atoms with Gasteiger partial charge < -0.3 is 20.4 Å². The van der Waals surface area contributed by atoms with E-state index in [9.17, 15) is 5.11 Å². The van der Waals surface area contributed by atoms with Gasteiger partial charge in [0.2, 0.25) is 0 Å². The molecule has 0 saturated heterocycles. The van der Waals surface area contributed by atoms with Crippen LogP contribution in [-0.4, -0.2) is 20.4 Å². The molecular weight excluding hydrogens is 268 g/mol. The van der Waals surface area contributed by atoms with Gasteiger partial charge in [0.25, 0.3) is 0 Å². The average molecular weight is 290 g/mol. The van der Waals surface area contributed by atoms with Gasteiger partial charge in [-0.15, -0.1) is 0 Å². The van der Waals surface area contributed by atoms with Crippen LogP contribution < -0.4 is 0 Å². The number of hydrogen-bond donors (Lipinski definition) is 4. The first kappa shape index (κ1) is 16.7. The molecule has 114 valence electrons. The maximum absolute atomic E-state index is 9.26. The molecule has 4 nitrogen and oxygen atoms in total. The van der Waals surface area contributed by atoms with Crippen molar-refractivity contribution in [2.75, 3.05) is 0 Å². The van der Waals surface area contributed by atoms with Gasteiger partial charge in [-0.1, -0.05) is 6.07 Å². The number of phenolic OH excluding ortho intramolecular Hbond substituents is 4. The van der Waals surface area contributed by atoms with Gasteiger partial charge in [-0.25, -0.2) is 0 Å². The lowest BCUT2D eigenvalue weighted by atomic mass is 10.0. The number of benzene rings is 2. The zero-order valence-electron chi connectivity index (χ0n) is 13.0. The summed E-state index contributed by atoms with van der Waals surface area (Å²) in [4.78, 5) is 0. The molecule has 4 N–H and O–H groups in total. The summed E-state index contributed by atoms with van der Waals surface area (Å²) in [6.45, 7) is 9.23. The Morgan fingerprint density at radius 3 is 1.62 bits per heavy atom. The minimum atomic E-state index is -0.0440. The highest BCUT2D eigenvalue weighted by Gasteiger charge is 2.07. The summed E-state index contributed by atoms with van der Waals surface area (Å²) in [6, 6.07) is 4.91. The topological polar surface area (TPSA) is 80.9 Å². The molecule has 0 spiro atoms. The fourth-order valence-corrected chi connectivity index (χ4v) is 1.98. The minimum Gasteiger partial charge on any atom is -0.504 e. The van der Waals surface area contributed by atoms with E-state index in [0.717, 1.165) is 22.3 Å². The Balaban J connectivity index is 0.000000211. The van der Waals surface area contributed by atoms with E-state index in [0.29, 0.717) is 5.56 Å². The van der Waals surface area contributed by atoms with E-state index < -0.39 is 0 Å². The van der Waals surface area contributed by atoms with Crippen LogP contribution in [0.2, 0.25) is 0 Å². The lowest BCUT2D eigenvalue weighted by Gasteiger charge is -2.07. The summed E-state index contributed by atoms with van der Waals surface area (Å²) < 4.78 is 0. The summed E-state index contributed by atoms with van der Waals surface area (Å²) in [6.07, 6.45) is 0. The first-order valence-corrected chi connectivity index (χ1v) is 6.63. The number of aryl methyl sites for hydroxylation is 3. The van der Waals surface area contributed by atoms with Crippen LogP contribution >= 0.6 is 0 Å². The number of aromatic hydroxyl groups is 4. The maximum atomic E-state index is 9.26. The van der Waals surface area contributed by atoms with Crippen molar-refractivity contribution in [2.24, 2.45) is 0 Å². The van der Waals surface area contributed by atoms with E-state index in [4.69, 9.17) is 15.3 Å². The van der Waals surface area contributed by atoms with Gasteiger partial charge in [-0.05, 0) is 74.6 Å². The predicted octanol–water partition coefficient (Wildman–Crippen LogP) is 3.74. The minimum absolute atomic E-state index is 0.00639. The van der Waals surface area contributed by atoms with Gasteiger partial charge in [0, 0.05) is 0 Å². The Labute approximate surface area is 124 Å². The quantitative estimate of drug-likeness (QED) is 0.557. The van der Waals surface area contributed by atoms with Crippen LogP contribution in [0.1, 0.15) is 27.8 Å². The Hall–Kier alpha value is -2.36. The fraction of sp³-hybridized carbons (Fsp3) is 0.294. The number of phenols is 4. The van der Waals surface area contributed by atoms with E-state index in [-0.39, 0.29) is 23.0 Å². The van der Waals surface area contributed by atoms with Crippen molar-refractivity contribution in [3.63, 3.8) is 0 Å². The monoisotopic (exact) mass is 290 g/mol. The number of hydrogen-bond acceptors (Lipinski definition) is 4. The molecule has 21 heavy (non-hydrogen) atoms. The third kappa shape index (κ3) is 3.81. The van der Waals surface area contributed by atoms with E-state index >= 15 is 0 Å². The molecule has 0 aliphatic rings. The second-order valence-electron chi connectivity index (χ2n) is 5.26. The van der Waals surface area contributed by atoms with Crippen LogP contribution in [0.5, 0.6) is 23.0 Å². The van der Waals surface area contributed by atoms with Gasteiger partial charge in [0.05, 0.1) is 0 Å². The molecule has 0 aromatic heterocycles. The Morgan fingerprint density at radius 2 is 1.10 bits per heavy atom. The zero-order chi connectivity index (χ0) is 16.3. The molecule has 0 heterocycles. The summed E-state index contributed by atoms with van der Waals surface area (Å²) >= 11 is 0. The smallest absolute Gasteiger partial charge is 0.160 e. The molecule has 0 amide bonds. The van der Waals surface area contributed by atoms with Crippen LogP contribution in [0.15, 0.2) is 18.2 Å². The Bertz CT molecular complexity index is 611. The van der Waals surface area contributed by atoms with E-state index in [1.807, 2.05) is 26.8 Å². The van der Waals surface area contributed by atoms with Crippen molar-refractivity contribution in [3.05, 3.63) is 46.0 Å². The van der Waals surface area contributed by atoms with Crippen molar-refractivity contribution >= 4 is 0 Å². The van der Waals surface area contributed by atoms with Gasteiger partial charge >= 0.3 is 0 Å². The van der Waals surface area contributed by atoms with Gasteiger partial charge in [-0.2, -0.15) is 0 Å². The van der Waals surface area contributed by atoms with E-state index in [1.165, 1.54) is 6.07 Å². The summed E-state index contributed by atoms with van der Waals surface area (Å²) in [5, 5.41) is 36.5. The second-order valence-corrected chi connectivity index (χ2v) is 5.26. The van der Waals surface area contributed by atoms with Gasteiger partial charge in [0.15, 0.2) is 23.0 Å². The lowest BCUT2D eigenvalue weighted by molar-refractivity contribution is 0.400. The number of rotatable bonds is 0. The van der Waals surface area contributed by atoms with Crippen molar-refractivity contribution in [1.29, 1.82) is 0 Å². The van der Waals surface area contributed by atoms with Crippen molar-refractivity contribution in [3.8, 4) is 23.0 Å². The van der Waals surface area contributed by atoms with Crippen LogP contribution in [0.3, 0.4) is 0 Å². The molecule has 0 aliphatic carbocycles. The molecule has 0 fully saturated rings. The first-order valence-electron chi connectivity index (χ1n) is 6.63. The van der Waals surface area contributed by atoms with Crippen molar-refractivity contribution in [1.82, 2.24) is 0 Å². The van der Waals surface area contributed by atoms with Crippen LogP contribution in [-0.2, 0) is 0 Å². The fourth-order valence-electron chi connectivity index (χ4n) is 1.98. The molecule has 0 unspecified atom stereocenters. The van der Waals surface area contributed by atoms with Gasteiger partial charge in [0.1, 0.15) is 0 Å². The predicted molar refractivity (Wildman–Crippen MR) is 83.2 cm³/mol. The van der Waals surface area contributed by atoms with Crippen LogP contribution in [0, 0.1) is 34.6 Å². The first-order chi connectivity index (χ1) is 9.65. The van der Waals surface area contributed by atoms with Gasteiger partial charge in [-0.3, -0.25) is 0 Å². The second kappa shape index (κ2) is 6.39. The molecule has 0 bridgehead atoms. The molecule has 2 aromatic rings. The molecule has 0 saturated carbocycles. The molecule has 0 atom stereocenters. The zero-order valence-corrected chi connectivity index (χ0v) is 13.0. The highest BCUT2D eigenvalue weighted by atomic mass is 16.3. The van der Waals surface area contributed by atoms with Crippen molar-refractivity contribution in [2.45, 2.75) is 34.6 Å². The lowest BCUT2D eigenvalue weighted by Crippen LogP contribution is -1.86. The summed E-state index contributed by atoms with van der Waals surface area (Å²) in [5.41, 5.74) is 4.44. The van der Waals surface area contributed by atoms with E-state index in [1.54, 1.807) is 19.9 Å². The van der Waals surface area contributed by atoms with Crippen LogP contribution in [0.4, 0.5) is 0 Å². The van der Waals surface area contributed by atoms with E-state index in [2.05, 4.69) is 0 Å². The normalized spacial score (nSPS) is 9.95. The molecule has 2 rings (SSSR count). The average Bonchev–Trinajstić information content (AvgIpc) is 2.41. The molecule has 0 radical (unpaired) electrons. The van der Waals surface area contributed by atoms with Crippen LogP contribution in [0.25, 0.3) is 0 Å². The largest absolute Gasteiger partial charge is 0.504 e. The van der Waals surface area contributed by atoms with Crippen molar-refractivity contribution < 1.29 is 20.4 Å². The molecular formula is C17H22O4. The highest BCUT2D eigenvalue weighted by molar-refractivity contribution is 5.51. The third-order valence-electron chi connectivity index (χ3n) is 3.53. The third-order valence-corrected chi connectivity index (χ3v) is 3.53. The molecule has 2 aromatic carbocycles. The summed E-state index contributed by atoms with van der Waals surface area (Å²) in [5.74, 6) is -0.109. The highest BCUT2D eigenvalue weighted by Crippen LogP contribution is 2.32. The Morgan fingerprint density at radius 1 is 0.571 bits per heavy atom. The maximum Gasteiger partial charge on any atom is 0.160 e. The standard InChI is InChI=1S/C9H12O2.C8H10O2/c1-5-4-8(10)9(11)7(3)6(5)2;1-5-3-6(2)8(10)7(9)4-5/h4,10-11H,1-3H3;3-4,9-10H,1-2H3.